The summed E-state index contributed by atoms with van der Waals surface area (Å²) >= 11 is 0. The highest BCUT2D eigenvalue weighted by Crippen LogP contribution is 2.20. The maximum absolute atomic E-state index is 11.9. The fourth-order valence-electron chi connectivity index (χ4n) is 2.60. The highest BCUT2D eigenvalue weighted by molar-refractivity contribution is 7.72. The lowest BCUT2D eigenvalue weighted by Gasteiger charge is -2.47. The monoisotopic (exact) mass is 319 g/mol. The minimum absolute atomic E-state index is 0.151. The molecule has 2 aliphatic heterocycles. The van der Waals surface area contributed by atoms with Crippen molar-refractivity contribution in [2.24, 2.45) is 0 Å². The zero-order valence-corrected chi connectivity index (χ0v) is 13.8. The number of hydrogen-bond donors (Lipinski definition) is 1. The fourth-order valence-corrected chi connectivity index (χ4v) is 3.20. The highest BCUT2D eigenvalue weighted by atomic mass is 32.2. The van der Waals surface area contributed by atoms with Crippen LogP contribution in [0.2, 0.25) is 0 Å². The quantitative estimate of drug-likeness (QED) is 0.726. The van der Waals surface area contributed by atoms with Crippen LogP contribution in [0.4, 0.5) is 4.79 Å². The summed E-state index contributed by atoms with van der Waals surface area (Å²) in [5.74, 6) is 0.151. The molecule has 0 bridgehead atoms. The molecule has 0 aliphatic carbocycles. The molecule has 7 nitrogen and oxygen atoms in total. The van der Waals surface area contributed by atoms with Crippen LogP contribution in [0, 0.1) is 0 Å². The Kier molecular flexibility index (Phi) is 5.11. The van der Waals surface area contributed by atoms with Crippen molar-refractivity contribution in [3.8, 4) is 0 Å². The molecule has 21 heavy (non-hydrogen) atoms. The first-order valence-corrected chi connectivity index (χ1v) is 8.67. The molecule has 2 aliphatic rings. The number of carbonyl (C=O) groups excluding carboxylic acids is 1. The topological polar surface area (TPSA) is 70.2 Å². The van der Waals surface area contributed by atoms with Gasteiger partial charge in [-0.1, -0.05) is 0 Å². The molecule has 122 valence electrons. The summed E-state index contributed by atoms with van der Waals surface area (Å²) in [6.07, 6.45) is -0.249. The third kappa shape index (κ3) is 4.82. The van der Waals surface area contributed by atoms with Crippen molar-refractivity contribution in [3.63, 3.8) is 0 Å². The van der Waals surface area contributed by atoms with E-state index in [1.165, 1.54) is 0 Å². The second-order valence-electron chi connectivity index (χ2n) is 6.67. The van der Waals surface area contributed by atoms with Gasteiger partial charge in [-0.3, -0.25) is 9.80 Å². The average Bonchev–Trinajstić information content (AvgIpc) is 2.26. The summed E-state index contributed by atoms with van der Waals surface area (Å²) < 4.78 is 26.7. The number of likely N-dealkylation sites (tertiary alicyclic amines) is 1. The molecular weight excluding hydrogens is 294 g/mol. The van der Waals surface area contributed by atoms with Gasteiger partial charge in [-0.05, 0) is 20.8 Å². The molecule has 0 aromatic carbocycles. The minimum atomic E-state index is -2.33. The van der Waals surface area contributed by atoms with Gasteiger partial charge < -0.3 is 9.64 Å². The first-order chi connectivity index (χ1) is 9.74. The van der Waals surface area contributed by atoms with Crippen molar-refractivity contribution in [1.82, 2.24) is 14.7 Å². The van der Waals surface area contributed by atoms with Crippen LogP contribution in [-0.4, -0.2) is 86.0 Å². The first-order valence-electron chi connectivity index (χ1n) is 7.31. The molecule has 2 rings (SSSR count). The number of piperazine rings is 1. The van der Waals surface area contributed by atoms with E-state index in [1.54, 1.807) is 4.90 Å². The molecule has 0 N–H and O–H groups in total. The van der Waals surface area contributed by atoms with Crippen molar-refractivity contribution < 1.29 is 17.9 Å². The van der Waals surface area contributed by atoms with Crippen LogP contribution in [0.3, 0.4) is 0 Å². The molecule has 0 saturated carbocycles. The van der Waals surface area contributed by atoms with E-state index in [0.29, 0.717) is 19.1 Å². The Hall–Kier alpha value is -0.860. The number of hydrogen-bond acceptors (Lipinski definition) is 6. The van der Waals surface area contributed by atoms with Gasteiger partial charge in [0.15, 0.2) is 10.7 Å². The molecule has 0 aromatic heterocycles. The van der Waals surface area contributed by atoms with Gasteiger partial charge in [0.1, 0.15) is 5.60 Å². The molecule has 2 fully saturated rings. The summed E-state index contributed by atoms with van der Waals surface area (Å²) in [7, 11) is -2.33. The maximum Gasteiger partial charge on any atom is 0.410 e. The zero-order chi connectivity index (χ0) is 15.6. The SMILES string of the molecule is CC(C)(C)OC(=O)N1CC(N2CCN(C[SH](=O)=O)CC2)C1. The van der Waals surface area contributed by atoms with E-state index in [-0.39, 0.29) is 12.0 Å². The highest BCUT2D eigenvalue weighted by Gasteiger charge is 2.37. The van der Waals surface area contributed by atoms with Crippen LogP contribution < -0.4 is 0 Å². The molecular formula is C13H25N3O4S. The Morgan fingerprint density at radius 1 is 1.14 bits per heavy atom. The van der Waals surface area contributed by atoms with Gasteiger partial charge in [0.25, 0.3) is 0 Å². The van der Waals surface area contributed by atoms with E-state index in [1.807, 2.05) is 25.7 Å². The molecule has 2 heterocycles. The third-order valence-electron chi connectivity index (χ3n) is 3.75. The number of ether oxygens (including phenoxy) is 1. The van der Waals surface area contributed by atoms with Crippen LogP contribution in [0.15, 0.2) is 0 Å². The van der Waals surface area contributed by atoms with E-state index in [0.717, 1.165) is 26.2 Å². The molecule has 2 saturated heterocycles. The van der Waals surface area contributed by atoms with Gasteiger partial charge in [0.2, 0.25) is 0 Å². The van der Waals surface area contributed by atoms with E-state index in [2.05, 4.69) is 4.90 Å². The second-order valence-corrected chi connectivity index (χ2v) is 7.62. The Balaban J connectivity index is 1.70. The van der Waals surface area contributed by atoms with Crippen LogP contribution in [0.1, 0.15) is 20.8 Å². The normalized spacial score (nSPS) is 22.4. The number of rotatable bonds is 3. The van der Waals surface area contributed by atoms with Crippen molar-refractivity contribution in [2.45, 2.75) is 32.4 Å². The lowest BCUT2D eigenvalue weighted by atomic mass is 10.1. The molecule has 0 spiro atoms. The first kappa shape index (κ1) is 16.5. The summed E-state index contributed by atoms with van der Waals surface area (Å²) in [4.78, 5) is 17.9. The zero-order valence-electron chi connectivity index (χ0n) is 12.9. The molecule has 0 unspecified atom stereocenters. The van der Waals surface area contributed by atoms with Crippen molar-refractivity contribution >= 4 is 16.8 Å². The van der Waals surface area contributed by atoms with Crippen LogP contribution in [0.25, 0.3) is 0 Å². The number of amides is 1. The Morgan fingerprint density at radius 3 is 2.19 bits per heavy atom. The van der Waals surface area contributed by atoms with Gasteiger partial charge in [0, 0.05) is 45.3 Å². The van der Waals surface area contributed by atoms with Gasteiger partial charge in [0.05, 0.1) is 5.88 Å². The van der Waals surface area contributed by atoms with Crippen molar-refractivity contribution in [2.75, 3.05) is 45.1 Å². The number of nitrogens with zero attached hydrogens (tertiary/aromatic N) is 3. The molecule has 1 amide bonds. The molecule has 0 radical (unpaired) electrons. The van der Waals surface area contributed by atoms with Gasteiger partial charge >= 0.3 is 6.09 Å². The predicted octanol–water partition coefficient (Wildman–Crippen LogP) is -0.208. The average molecular weight is 319 g/mol. The Labute approximate surface area is 127 Å². The lowest BCUT2D eigenvalue weighted by molar-refractivity contribution is -0.0235. The summed E-state index contributed by atoms with van der Waals surface area (Å²) in [6.45, 7) is 10.2. The fraction of sp³-hybridized carbons (Fsp3) is 0.923. The van der Waals surface area contributed by atoms with Crippen molar-refractivity contribution in [3.05, 3.63) is 0 Å². The Bertz CT molecular complexity index is 439. The standard InChI is InChI=1S/C13H25N3O4S/c1-13(2,3)20-12(17)16-8-11(9-16)15-6-4-14(5-7-15)10-21(18)19/h11,21H,4-10H2,1-3H3. The predicted molar refractivity (Wildman–Crippen MR) is 79.9 cm³/mol. The largest absolute Gasteiger partial charge is 0.444 e. The summed E-state index contributed by atoms with van der Waals surface area (Å²) in [6, 6.07) is 0.376. The van der Waals surface area contributed by atoms with Gasteiger partial charge in [-0.15, -0.1) is 0 Å². The summed E-state index contributed by atoms with van der Waals surface area (Å²) in [5, 5.41) is 0. The van der Waals surface area contributed by atoms with Crippen LogP contribution >= 0.6 is 0 Å². The third-order valence-corrected chi connectivity index (χ3v) is 4.38. The van der Waals surface area contributed by atoms with Gasteiger partial charge in [-0.25, -0.2) is 13.2 Å². The van der Waals surface area contributed by atoms with Gasteiger partial charge in [-0.2, -0.15) is 0 Å². The van der Waals surface area contributed by atoms with Crippen LogP contribution in [-0.2, 0) is 15.4 Å². The van der Waals surface area contributed by atoms with Crippen molar-refractivity contribution in [1.29, 1.82) is 0 Å². The summed E-state index contributed by atoms with van der Waals surface area (Å²) in [5.41, 5.74) is -0.456. The second kappa shape index (κ2) is 6.50. The molecule has 0 aromatic rings. The van der Waals surface area contributed by atoms with E-state index < -0.39 is 16.3 Å². The Morgan fingerprint density at radius 2 is 1.71 bits per heavy atom. The molecule has 0 atom stereocenters. The van der Waals surface area contributed by atoms with E-state index in [9.17, 15) is 13.2 Å². The number of carbonyl (C=O) groups is 1. The maximum atomic E-state index is 11.9. The van der Waals surface area contributed by atoms with E-state index in [4.69, 9.17) is 4.74 Å². The molecule has 8 heteroatoms. The minimum Gasteiger partial charge on any atom is -0.444 e. The van der Waals surface area contributed by atoms with E-state index >= 15 is 0 Å². The smallest absolute Gasteiger partial charge is 0.410 e. The lowest BCUT2D eigenvalue weighted by Crippen LogP contribution is -2.64. The van der Waals surface area contributed by atoms with Crippen LogP contribution in [0.5, 0.6) is 0 Å². The number of thiol groups is 1.